The molecule has 5 nitrogen and oxygen atoms in total. The summed E-state index contributed by atoms with van der Waals surface area (Å²) in [6.45, 7) is 5.90. The number of aryl methyl sites for hydroxylation is 3. The van der Waals surface area contributed by atoms with Crippen molar-refractivity contribution in [2.24, 2.45) is 5.73 Å². The molecule has 0 aliphatic rings. The van der Waals surface area contributed by atoms with Crippen LogP contribution in [0, 0.1) is 20.8 Å². The number of phosphoric acid groups is 1. The van der Waals surface area contributed by atoms with Gasteiger partial charge in [-0.15, -0.1) is 0 Å². The molecule has 0 saturated heterocycles. The molecule has 2 N–H and O–H groups in total. The Morgan fingerprint density at radius 1 is 0.536 bits per heavy atom. The summed E-state index contributed by atoms with van der Waals surface area (Å²) >= 11 is 0. The monoisotopic (exact) mass is 399 g/mol. The first-order valence-corrected chi connectivity index (χ1v) is 10.3. The van der Waals surface area contributed by atoms with Gasteiger partial charge in [0, 0.05) is 0 Å². The van der Waals surface area contributed by atoms with Crippen LogP contribution in [-0.2, 0) is 4.57 Å². The predicted molar refractivity (Wildman–Crippen MR) is 113 cm³/mol. The van der Waals surface area contributed by atoms with Gasteiger partial charge in [-0.1, -0.05) is 53.1 Å². The molecule has 3 rings (SSSR count). The zero-order valence-electron chi connectivity index (χ0n) is 16.6. The average Bonchev–Trinajstić information content (AvgIpc) is 2.69. The van der Waals surface area contributed by atoms with Gasteiger partial charge in [0.2, 0.25) is 0 Å². The van der Waals surface area contributed by atoms with E-state index in [2.05, 4.69) is 5.73 Å². The van der Waals surface area contributed by atoms with E-state index in [1.165, 1.54) is 7.05 Å². The fourth-order valence-corrected chi connectivity index (χ4v) is 3.49. The lowest BCUT2D eigenvalue weighted by Gasteiger charge is -2.19. The van der Waals surface area contributed by atoms with Gasteiger partial charge in [0.05, 0.1) is 0 Å². The fraction of sp³-hybridized carbons (Fsp3) is 0.182. The predicted octanol–water partition coefficient (Wildman–Crippen LogP) is 5.83. The molecule has 0 bridgehead atoms. The maximum absolute atomic E-state index is 13.3. The number of phosphoric ester groups is 1. The minimum Gasteiger partial charge on any atom is -0.386 e. The van der Waals surface area contributed by atoms with Crippen molar-refractivity contribution in [1.82, 2.24) is 0 Å². The van der Waals surface area contributed by atoms with Crippen molar-refractivity contribution in [2.75, 3.05) is 7.05 Å². The van der Waals surface area contributed by atoms with Gasteiger partial charge in [-0.25, -0.2) is 0 Å². The molecule has 28 heavy (non-hydrogen) atoms. The lowest BCUT2D eigenvalue weighted by atomic mass is 10.2. The first kappa shape index (κ1) is 21.5. The van der Waals surface area contributed by atoms with E-state index >= 15 is 0 Å². The second-order valence-electron chi connectivity index (χ2n) is 6.16. The Balaban J connectivity index is 0.00000136. The summed E-state index contributed by atoms with van der Waals surface area (Å²) in [5, 5.41) is 0. The molecule has 0 saturated carbocycles. The van der Waals surface area contributed by atoms with Gasteiger partial charge in [-0.2, -0.15) is 4.57 Å². The largest absolute Gasteiger partial charge is 0.647 e. The molecular weight excluding hydrogens is 373 g/mol. The number of benzene rings is 3. The first-order chi connectivity index (χ1) is 13.4. The highest BCUT2D eigenvalue weighted by molar-refractivity contribution is 7.49. The Hall–Kier alpha value is -2.75. The van der Waals surface area contributed by atoms with Crippen LogP contribution in [0.15, 0.2) is 72.8 Å². The van der Waals surface area contributed by atoms with Crippen LogP contribution >= 0.6 is 7.82 Å². The van der Waals surface area contributed by atoms with Crippen LogP contribution in [0.4, 0.5) is 0 Å². The van der Waals surface area contributed by atoms with E-state index < -0.39 is 7.82 Å². The molecule has 0 spiro atoms. The summed E-state index contributed by atoms with van der Waals surface area (Å²) in [7, 11) is -2.43. The number of nitrogens with two attached hydrogens (primary N) is 1. The van der Waals surface area contributed by atoms with E-state index in [1.54, 1.807) is 36.4 Å². The van der Waals surface area contributed by atoms with Crippen molar-refractivity contribution in [3.8, 4) is 17.2 Å². The molecule has 0 heterocycles. The first-order valence-electron chi connectivity index (χ1n) is 8.88. The third-order valence-corrected chi connectivity index (χ3v) is 5.02. The van der Waals surface area contributed by atoms with Gasteiger partial charge in [0.1, 0.15) is 17.2 Å². The SMILES string of the molecule is CN.Cc1ccc(OP(=O)(Oc2ccc(C)cc2)Oc2ccc(C)cc2)cc1. The normalized spacial score (nSPS) is 10.5. The zero-order chi connectivity index (χ0) is 20.6. The molecule has 0 amide bonds. The van der Waals surface area contributed by atoms with E-state index in [0.717, 1.165) is 16.7 Å². The minimum atomic E-state index is -3.93. The second-order valence-corrected chi connectivity index (χ2v) is 7.60. The maximum atomic E-state index is 13.3. The number of hydrogen-bond donors (Lipinski definition) is 1. The van der Waals surface area contributed by atoms with Gasteiger partial charge in [0.15, 0.2) is 0 Å². The molecule has 6 heteroatoms. The molecule has 0 atom stereocenters. The van der Waals surface area contributed by atoms with Gasteiger partial charge in [-0.05, 0) is 64.2 Å². The third kappa shape index (κ3) is 6.45. The Bertz CT molecular complexity index is 784. The number of hydrogen-bond acceptors (Lipinski definition) is 5. The minimum absolute atomic E-state index is 0.415. The quantitative estimate of drug-likeness (QED) is 0.528. The zero-order valence-corrected chi connectivity index (χ0v) is 17.5. The van der Waals surface area contributed by atoms with Crippen LogP contribution in [0.5, 0.6) is 17.2 Å². The fourth-order valence-electron chi connectivity index (χ4n) is 2.24. The Labute approximate surface area is 166 Å². The highest BCUT2D eigenvalue weighted by atomic mass is 31.2. The van der Waals surface area contributed by atoms with Crippen LogP contribution in [0.25, 0.3) is 0 Å². The van der Waals surface area contributed by atoms with Crippen molar-refractivity contribution >= 4 is 7.82 Å². The Morgan fingerprint density at radius 3 is 0.964 bits per heavy atom. The smallest absolute Gasteiger partial charge is 0.386 e. The summed E-state index contributed by atoms with van der Waals surface area (Å²) in [4.78, 5) is 0. The standard InChI is InChI=1S/C21H21O4P.CH5N/c1-16-4-10-19(11-5-16)23-26(22,24-20-12-6-17(2)7-13-20)25-21-14-8-18(3)9-15-21;1-2/h4-15H,1-3H3;2H2,1H3. The van der Waals surface area contributed by atoms with E-state index in [4.69, 9.17) is 13.6 Å². The van der Waals surface area contributed by atoms with Crippen molar-refractivity contribution in [1.29, 1.82) is 0 Å². The summed E-state index contributed by atoms with van der Waals surface area (Å²) in [5.74, 6) is 1.24. The Morgan fingerprint density at radius 2 is 0.750 bits per heavy atom. The third-order valence-electron chi connectivity index (χ3n) is 3.71. The lowest BCUT2D eigenvalue weighted by Crippen LogP contribution is -2.07. The molecular formula is C22H26NO4P. The lowest BCUT2D eigenvalue weighted by molar-refractivity contribution is 0.298. The van der Waals surface area contributed by atoms with Crippen LogP contribution in [-0.4, -0.2) is 7.05 Å². The van der Waals surface area contributed by atoms with Crippen molar-refractivity contribution in [2.45, 2.75) is 20.8 Å². The van der Waals surface area contributed by atoms with Crippen LogP contribution in [0.3, 0.4) is 0 Å². The summed E-state index contributed by atoms with van der Waals surface area (Å²) in [6.07, 6.45) is 0. The molecule has 3 aromatic rings. The van der Waals surface area contributed by atoms with Crippen molar-refractivity contribution < 1.29 is 18.1 Å². The molecule has 148 valence electrons. The maximum Gasteiger partial charge on any atom is 0.647 e. The van der Waals surface area contributed by atoms with Crippen molar-refractivity contribution in [3.63, 3.8) is 0 Å². The molecule has 0 aliphatic carbocycles. The van der Waals surface area contributed by atoms with Gasteiger partial charge in [0.25, 0.3) is 0 Å². The van der Waals surface area contributed by atoms with Crippen LogP contribution < -0.4 is 19.3 Å². The van der Waals surface area contributed by atoms with E-state index in [9.17, 15) is 4.57 Å². The molecule has 3 aromatic carbocycles. The van der Waals surface area contributed by atoms with E-state index in [1.807, 2.05) is 57.2 Å². The average molecular weight is 399 g/mol. The summed E-state index contributed by atoms with van der Waals surface area (Å²) in [6, 6.07) is 21.6. The molecule has 0 radical (unpaired) electrons. The van der Waals surface area contributed by atoms with Gasteiger partial charge in [-0.3, -0.25) is 0 Å². The van der Waals surface area contributed by atoms with Gasteiger partial charge >= 0.3 is 7.82 Å². The molecule has 0 unspecified atom stereocenters. The molecule has 0 aliphatic heterocycles. The highest BCUT2D eigenvalue weighted by Crippen LogP contribution is 2.49. The number of rotatable bonds is 6. The highest BCUT2D eigenvalue weighted by Gasteiger charge is 2.33. The molecule has 0 aromatic heterocycles. The summed E-state index contributed by atoms with van der Waals surface area (Å²) in [5.41, 5.74) is 7.73. The van der Waals surface area contributed by atoms with Gasteiger partial charge < -0.3 is 19.3 Å². The van der Waals surface area contributed by atoms with E-state index in [0.29, 0.717) is 17.2 Å². The van der Waals surface area contributed by atoms with Crippen LogP contribution in [0.2, 0.25) is 0 Å². The van der Waals surface area contributed by atoms with Crippen molar-refractivity contribution in [3.05, 3.63) is 89.5 Å². The topological polar surface area (TPSA) is 70.8 Å². The van der Waals surface area contributed by atoms with E-state index in [-0.39, 0.29) is 0 Å². The molecule has 0 fully saturated rings. The summed E-state index contributed by atoms with van der Waals surface area (Å²) < 4.78 is 30.2. The van der Waals surface area contributed by atoms with Crippen LogP contribution in [0.1, 0.15) is 16.7 Å². The second kappa shape index (κ2) is 9.98. The Kier molecular flexibility index (Phi) is 7.68.